The molecule has 0 aliphatic rings. The molecule has 0 spiro atoms. The molecule has 0 bridgehead atoms. The Bertz CT molecular complexity index is 1300. The largest absolute Gasteiger partial charge is 0.497 e. The van der Waals surface area contributed by atoms with Gasteiger partial charge in [-0.2, -0.15) is 5.10 Å². The van der Waals surface area contributed by atoms with Crippen molar-refractivity contribution in [2.24, 2.45) is 5.10 Å². The zero-order chi connectivity index (χ0) is 24.7. The van der Waals surface area contributed by atoms with Gasteiger partial charge in [0.15, 0.2) is 0 Å². The molecule has 1 N–H and O–H groups in total. The Hall–Kier alpha value is -3.56. The quantitative estimate of drug-likeness (QED) is 0.353. The summed E-state index contributed by atoms with van der Waals surface area (Å²) in [5.41, 5.74) is 3.92. The minimum absolute atomic E-state index is 0.0589. The first-order valence-corrected chi connectivity index (χ1v) is 12.0. The molecule has 10 heteroatoms. The molecule has 3 rings (SSSR count). The van der Waals surface area contributed by atoms with Gasteiger partial charge in [0.05, 0.1) is 31.0 Å². The van der Waals surface area contributed by atoms with Crippen molar-refractivity contribution in [1.82, 2.24) is 5.43 Å². The highest BCUT2D eigenvalue weighted by atomic mass is 35.5. The number of benzene rings is 3. The number of hydrogen-bond donors (Lipinski definition) is 1. The molecule has 0 radical (unpaired) electrons. The number of carbonyl (C=O) groups is 1. The summed E-state index contributed by atoms with van der Waals surface area (Å²) in [7, 11) is -0.989. The van der Waals surface area contributed by atoms with Crippen molar-refractivity contribution < 1.29 is 22.7 Å². The number of amides is 1. The standard InChI is InChI=1S/C24H24ClN3O5S/c1-17-13-19(25)10-12-22(17)28(34(30,31)21-7-5-4-6-8-21)16-24(29)27-26-15-18-9-11-20(32-2)14-23(18)33-3/h4-15H,16H2,1-3H3,(H,27,29)/b26-15-. The number of hydrazone groups is 1. The predicted octanol–water partition coefficient (Wildman–Crippen LogP) is 4.01. The second kappa shape index (κ2) is 11.0. The third kappa shape index (κ3) is 5.86. The third-order valence-electron chi connectivity index (χ3n) is 4.88. The van der Waals surface area contributed by atoms with Crippen LogP contribution in [-0.2, 0) is 14.8 Å². The van der Waals surface area contributed by atoms with E-state index in [2.05, 4.69) is 10.5 Å². The summed E-state index contributed by atoms with van der Waals surface area (Å²) in [5, 5.41) is 4.41. The Morgan fingerprint density at radius 1 is 1.06 bits per heavy atom. The number of aryl methyl sites for hydroxylation is 1. The minimum atomic E-state index is -4.04. The van der Waals surface area contributed by atoms with E-state index in [4.69, 9.17) is 21.1 Å². The first-order chi connectivity index (χ1) is 16.3. The summed E-state index contributed by atoms with van der Waals surface area (Å²) < 4.78 is 38.3. The van der Waals surface area contributed by atoms with Crippen molar-refractivity contribution in [2.45, 2.75) is 11.8 Å². The number of sulfonamides is 1. The second-order valence-corrected chi connectivity index (χ2v) is 9.46. The SMILES string of the molecule is COc1ccc(/C=N\NC(=O)CN(c2ccc(Cl)cc2C)S(=O)(=O)c2ccccc2)c(OC)c1. The topological polar surface area (TPSA) is 97.3 Å². The Balaban J connectivity index is 1.85. The van der Waals surface area contributed by atoms with E-state index >= 15 is 0 Å². The molecular weight excluding hydrogens is 478 g/mol. The van der Waals surface area contributed by atoms with Crippen LogP contribution in [0.1, 0.15) is 11.1 Å². The summed E-state index contributed by atoms with van der Waals surface area (Å²) in [6.45, 7) is 1.23. The first-order valence-electron chi connectivity index (χ1n) is 10.1. The first kappa shape index (κ1) is 25.1. The Morgan fingerprint density at radius 2 is 1.79 bits per heavy atom. The molecular formula is C24H24ClN3O5S. The number of carbonyl (C=O) groups excluding carboxylic acids is 1. The van der Waals surface area contributed by atoms with E-state index < -0.39 is 22.5 Å². The van der Waals surface area contributed by atoms with Gasteiger partial charge < -0.3 is 9.47 Å². The van der Waals surface area contributed by atoms with Crippen LogP contribution in [0.25, 0.3) is 0 Å². The van der Waals surface area contributed by atoms with Crippen LogP contribution in [0.5, 0.6) is 11.5 Å². The van der Waals surface area contributed by atoms with E-state index in [-0.39, 0.29) is 4.90 Å². The van der Waals surface area contributed by atoms with Crippen LogP contribution in [0.15, 0.2) is 76.7 Å². The molecule has 0 saturated heterocycles. The van der Waals surface area contributed by atoms with Gasteiger partial charge in [-0.15, -0.1) is 0 Å². The fourth-order valence-corrected chi connectivity index (χ4v) is 4.92. The van der Waals surface area contributed by atoms with Gasteiger partial charge in [0, 0.05) is 16.7 Å². The Morgan fingerprint density at radius 3 is 2.44 bits per heavy atom. The predicted molar refractivity (Wildman–Crippen MR) is 132 cm³/mol. The highest BCUT2D eigenvalue weighted by molar-refractivity contribution is 7.92. The summed E-state index contributed by atoms with van der Waals surface area (Å²) in [6, 6.07) is 17.8. The molecule has 34 heavy (non-hydrogen) atoms. The van der Waals surface area contributed by atoms with E-state index in [1.165, 1.54) is 25.5 Å². The Kier molecular flexibility index (Phi) is 8.14. The lowest BCUT2D eigenvalue weighted by molar-refractivity contribution is -0.119. The van der Waals surface area contributed by atoms with Crippen molar-refractivity contribution in [3.8, 4) is 11.5 Å². The van der Waals surface area contributed by atoms with Gasteiger partial charge in [0.2, 0.25) is 0 Å². The monoisotopic (exact) mass is 501 g/mol. The van der Waals surface area contributed by atoms with E-state index in [1.807, 2.05) is 0 Å². The number of methoxy groups -OCH3 is 2. The van der Waals surface area contributed by atoms with Crippen molar-refractivity contribution in [3.05, 3.63) is 82.9 Å². The van der Waals surface area contributed by atoms with Crippen LogP contribution in [0, 0.1) is 6.92 Å². The number of nitrogens with zero attached hydrogens (tertiary/aromatic N) is 2. The Labute approximate surface area is 203 Å². The highest BCUT2D eigenvalue weighted by Crippen LogP contribution is 2.29. The molecule has 0 fully saturated rings. The van der Waals surface area contributed by atoms with Gasteiger partial charge >= 0.3 is 0 Å². The summed E-state index contributed by atoms with van der Waals surface area (Å²) in [5.74, 6) is 0.484. The molecule has 178 valence electrons. The third-order valence-corrected chi connectivity index (χ3v) is 6.89. The van der Waals surface area contributed by atoms with Crippen LogP contribution in [0.3, 0.4) is 0 Å². The summed E-state index contributed by atoms with van der Waals surface area (Å²) >= 11 is 6.04. The van der Waals surface area contributed by atoms with E-state index in [0.717, 1.165) is 4.31 Å². The zero-order valence-corrected chi connectivity index (χ0v) is 20.4. The van der Waals surface area contributed by atoms with Gasteiger partial charge in [-0.25, -0.2) is 13.8 Å². The van der Waals surface area contributed by atoms with Crippen LogP contribution >= 0.6 is 11.6 Å². The smallest absolute Gasteiger partial charge is 0.264 e. The lowest BCUT2D eigenvalue weighted by atomic mass is 10.2. The number of anilines is 1. The van der Waals surface area contributed by atoms with E-state index in [1.54, 1.807) is 68.6 Å². The number of halogens is 1. The highest BCUT2D eigenvalue weighted by Gasteiger charge is 2.28. The van der Waals surface area contributed by atoms with Crippen molar-refractivity contribution >= 4 is 39.4 Å². The molecule has 3 aromatic carbocycles. The second-order valence-electron chi connectivity index (χ2n) is 7.16. The zero-order valence-electron chi connectivity index (χ0n) is 18.9. The summed E-state index contributed by atoms with van der Waals surface area (Å²) in [4.78, 5) is 12.8. The van der Waals surface area contributed by atoms with E-state index in [0.29, 0.717) is 33.3 Å². The maximum Gasteiger partial charge on any atom is 0.264 e. The molecule has 0 aliphatic heterocycles. The van der Waals surface area contributed by atoms with Crippen LogP contribution < -0.4 is 19.2 Å². The number of nitrogens with one attached hydrogen (secondary N) is 1. The van der Waals surface area contributed by atoms with Crippen LogP contribution in [0.2, 0.25) is 5.02 Å². The maximum atomic E-state index is 13.4. The van der Waals surface area contributed by atoms with E-state index in [9.17, 15) is 13.2 Å². The number of rotatable bonds is 9. The van der Waals surface area contributed by atoms with Gasteiger partial charge in [0.25, 0.3) is 15.9 Å². The molecule has 0 atom stereocenters. The van der Waals surface area contributed by atoms with Crippen molar-refractivity contribution in [2.75, 3.05) is 25.1 Å². The van der Waals surface area contributed by atoms with Crippen LogP contribution in [-0.4, -0.2) is 41.3 Å². The molecule has 3 aromatic rings. The average Bonchev–Trinajstić information content (AvgIpc) is 2.83. The number of hydrogen-bond acceptors (Lipinski definition) is 6. The molecule has 8 nitrogen and oxygen atoms in total. The molecule has 0 saturated carbocycles. The fourth-order valence-electron chi connectivity index (χ4n) is 3.18. The molecule has 0 unspecified atom stereocenters. The maximum absolute atomic E-state index is 13.4. The normalized spacial score (nSPS) is 11.3. The van der Waals surface area contributed by atoms with Crippen molar-refractivity contribution in [1.29, 1.82) is 0 Å². The van der Waals surface area contributed by atoms with Gasteiger partial charge in [-0.05, 0) is 55.0 Å². The van der Waals surface area contributed by atoms with Gasteiger partial charge in [-0.1, -0.05) is 29.8 Å². The minimum Gasteiger partial charge on any atom is -0.497 e. The van der Waals surface area contributed by atoms with Crippen molar-refractivity contribution in [3.63, 3.8) is 0 Å². The molecule has 0 aliphatic carbocycles. The lowest BCUT2D eigenvalue weighted by Gasteiger charge is -2.25. The van der Waals surface area contributed by atoms with Gasteiger partial charge in [-0.3, -0.25) is 9.10 Å². The molecule has 0 heterocycles. The molecule has 0 aromatic heterocycles. The lowest BCUT2D eigenvalue weighted by Crippen LogP contribution is -2.40. The summed E-state index contributed by atoms with van der Waals surface area (Å²) in [6.07, 6.45) is 1.40. The number of ether oxygens (including phenoxy) is 2. The fraction of sp³-hybridized carbons (Fsp3) is 0.167. The average molecular weight is 502 g/mol. The van der Waals surface area contributed by atoms with Crippen LogP contribution in [0.4, 0.5) is 5.69 Å². The van der Waals surface area contributed by atoms with Gasteiger partial charge in [0.1, 0.15) is 18.0 Å². The molecule has 1 amide bonds.